The van der Waals surface area contributed by atoms with Crippen molar-refractivity contribution in [1.82, 2.24) is 16.0 Å². The molecule has 0 heterocycles. The first-order valence-electron chi connectivity index (χ1n) is 11.1. The molecule has 0 saturated heterocycles. The van der Waals surface area contributed by atoms with Crippen molar-refractivity contribution in [3.63, 3.8) is 0 Å². The zero-order valence-corrected chi connectivity index (χ0v) is 20.0. The molecule has 0 aliphatic heterocycles. The minimum atomic E-state index is -1.54. The van der Waals surface area contributed by atoms with Crippen LogP contribution >= 0.6 is 0 Å². The summed E-state index contributed by atoms with van der Waals surface area (Å²) in [6, 6.07) is -4.70. The minimum Gasteiger partial charge on any atom is -0.480 e. The van der Waals surface area contributed by atoms with Crippen LogP contribution in [0.4, 0.5) is 0 Å². The van der Waals surface area contributed by atoms with E-state index in [1.807, 2.05) is 20.8 Å². The number of amides is 4. The van der Waals surface area contributed by atoms with Crippen molar-refractivity contribution >= 4 is 29.6 Å². The number of rotatable bonds is 15. The molecule has 0 saturated carbocycles. The van der Waals surface area contributed by atoms with Crippen molar-refractivity contribution in [3.8, 4) is 0 Å². The molecule has 9 N–H and O–H groups in total. The van der Waals surface area contributed by atoms with Crippen molar-refractivity contribution in [2.75, 3.05) is 0 Å². The Morgan fingerprint density at radius 1 is 0.879 bits per heavy atom. The number of hydrogen-bond acceptors (Lipinski definition) is 7. The number of carboxylic acid groups (broad SMARTS) is 1. The van der Waals surface area contributed by atoms with Gasteiger partial charge in [0, 0.05) is 6.42 Å². The molecule has 12 nitrogen and oxygen atoms in total. The number of carbonyl (C=O) groups is 5. The van der Waals surface area contributed by atoms with E-state index in [9.17, 15) is 34.2 Å². The van der Waals surface area contributed by atoms with Gasteiger partial charge in [-0.05, 0) is 31.6 Å². The van der Waals surface area contributed by atoms with Crippen LogP contribution in [0.25, 0.3) is 0 Å². The van der Waals surface area contributed by atoms with Gasteiger partial charge in [0.1, 0.15) is 12.1 Å². The average Bonchev–Trinajstić information content (AvgIpc) is 2.71. The van der Waals surface area contributed by atoms with Gasteiger partial charge >= 0.3 is 5.97 Å². The largest absolute Gasteiger partial charge is 0.480 e. The monoisotopic (exact) mass is 473 g/mol. The molecule has 33 heavy (non-hydrogen) atoms. The van der Waals surface area contributed by atoms with Crippen LogP contribution in [0.1, 0.15) is 60.3 Å². The molecule has 6 unspecified atom stereocenters. The van der Waals surface area contributed by atoms with Gasteiger partial charge in [-0.2, -0.15) is 0 Å². The second kappa shape index (κ2) is 14.4. The summed E-state index contributed by atoms with van der Waals surface area (Å²) in [6.07, 6.45) is -0.692. The number of aliphatic hydroxyl groups excluding tert-OH is 1. The van der Waals surface area contributed by atoms with Crippen LogP contribution in [0.3, 0.4) is 0 Å². The number of aliphatic hydroxyl groups is 1. The summed E-state index contributed by atoms with van der Waals surface area (Å²) in [7, 11) is 0. The van der Waals surface area contributed by atoms with Gasteiger partial charge in [-0.1, -0.05) is 34.1 Å². The molecule has 0 spiro atoms. The van der Waals surface area contributed by atoms with E-state index < -0.39 is 59.9 Å². The van der Waals surface area contributed by atoms with Crippen molar-refractivity contribution in [2.45, 2.75) is 90.6 Å². The fourth-order valence-electron chi connectivity index (χ4n) is 3.00. The molecule has 0 fully saturated rings. The SMILES string of the molecule is CCC(C)C(NC(=O)C(N)CCC(N)=O)C(=O)NC(CC(C)C)C(=O)NC(C(=O)O)C(C)O. The van der Waals surface area contributed by atoms with Gasteiger partial charge in [-0.15, -0.1) is 0 Å². The number of nitrogens with one attached hydrogen (secondary N) is 3. The first kappa shape index (κ1) is 30.3. The van der Waals surface area contributed by atoms with E-state index in [1.54, 1.807) is 6.92 Å². The third kappa shape index (κ3) is 11.1. The second-order valence-corrected chi connectivity index (χ2v) is 8.74. The molecule has 0 bridgehead atoms. The Morgan fingerprint density at radius 3 is 1.85 bits per heavy atom. The van der Waals surface area contributed by atoms with E-state index in [4.69, 9.17) is 11.5 Å². The normalized spacial score (nSPS) is 16.6. The standard InChI is InChI=1S/C21H39N5O7/c1-6-11(4)16(25-18(29)13(22)7-8-15(23)28)20(31)24-14(9-10(2)3)19(30)26-17(12(5)27)21(32)33/h10-14,16-17,27H,6-9,22H2,1-5H3,(H2,23,28)(H,24,31)(H,25,29)(H,26,30)(H,32,33). The fourth-order valence-corrected chi connectivity index (χ4v) is 3.00. The van der Waals surface area contributed by atoms with Crippen LogP contribution in [-0.2, 0) is 24.0 Å². The Balaban J connectivity index is 5.52. The molecule has 0 aromatic carbocycles. The molecule has 0 aliphatic rings. The van der Waals surface area contributed by atoms with E-state index in [-0.39, 0.29) is 31.1 Å². The number of primary amides is 1. The lowest BCUT2D eigenvalue weighted by molar-refractivity contribution is -0.145. The number of nitrogens with two attached hydrogens (primary N) is 2. The molecule has 0 aromatic heterocycles. The van der Waals surface area contributed by atoms with E-state index >= 15 is 0 Å². The molecule has 190 valence electrons. The zero-order chi connectivity index (χ0) is 25.9. The number of hydrogen-bond donors (Lipinski definition) is 7. The molecule has 12 heteroatoms. The van der Waals surface area contributed by atoms with Gasteiger partial charge in [-0.25, -0.2) is 4.79 Å². The maximum absolute atomic E-state index is 13.0. The molecular formula is C21H39N5O7. The average molecular weight is 474 g/mol. The van der Waals surface area contributed by atoms with E-state index in [0.29, 0.717) is 6.42 Å². The highest BCUT2D eigenvalue weighted by molar-refractivity contribution is 5.94. The Hall–Kier alpha value is -2.73. The number of carboxylic acids is 1. The predicted molar refractivity (Wildman–Crippen MR) is 120 cm³/mol. The van der Waals surface area contributed by atoms with E-state index in [1.165, 1.54) is 6.92 Å². The summed E-state index contributed by atoms with van der Waals surface area (Å²) in [4.78, 5) is 60.4. The van der Waals surface area contributed by atoms with Gasteiger partial charge in [0.05, 0.1) is 12.1 Å². The van der Waals surface area contributed by atoms with Crippen LogP contribution in [0.5, 0.6) is 0 Å². The van der Waals surface area contributed by atoms with Crippen LogP contribution in [-0.4, -0.2) is 70.1 Å². The maximum Gasteiger partial charge on any atom is 0.328 e. The van der Waals surface area contributed by atoms with Crippen LogP contribution in [0, 0.1) is 11.8 Å². The lowest BCUT2D eigenvalue weighted by atomic mass is 9.96. The van der Waals surface area contributed by atoms with Crippen molar-refractivity contribution < 1.29 is 34.2 Å². The lowest BCUT2D eigenvalue weighted by Gasteiger charge is -2.28. The Labute approximate surface area is 194 Å². The number of carbonyl (C=O) groups excluding carboxylic acids is 4. The summed E-state index contributed by atoms with van der Waals surface area (Å²) in [6.45, 7) is 8.43. The molecule has 0 rings (SSSR count). The molecule has 0 radical (unpaired) electrons. The summed E-state index contributed by atoms with van der Waals surface area (Å²) in [5.41, 5.74) is 10.9. The first-order valence-corrected chi connectivity index (χ1v) is 11.1. The molecule has 0 aromatic rings. The van der Waals surface area contributed by atoms with Crippen molar-refractivity contribution in [2.24, 2.45) is 23.3 Å². The highest BCUT2D eigenvalue weighted by Gasteiger charge is 2.33. The Bertz CT molecular complexity index is 698. The second-order valence-electron chi connectivity index (χ2n) is 8.74. The molecular weight excluding hydrogens is 434 g/mol. The van der Waals surface area contributed by atoms with Crippen LogP contribution in [0.15, 0.2) is 0 Å². The summed E-state index contributed by atoms with van der Waals surface area (Å²) in [5.74, 6) is -4.40. The van der Waals surface area contributed by atoms with Crippen molar-refractivity contribution in [1.29, 1.82) is 0 Å². The first-order chi connectivity index (χ1) is 15.2. The molecule has 0 aliphatic carbocycles. The summed E-state index contributed by atoms with van der Waals surface area (Å²) in [5, 5.41) is 26.2. The van der Waals surface area contributed by atoms with Gasteiger partial charge < -0.3 is 37.6 Å². The number of aliphatic carboxylic acids is 1. The Morgan fingerprint density at radius 2 is 1.42 bits per heavy atom. The van der Waals surface area contributed by atoms with Crippen molar-refractivity contribution in [3.05, 3.63) is 0 Å². The smallest absolute Gasteiger partial charge is 0.328 e. The topological polar surface area (TPSA) is 214 Å². The lowest BCUT2D eigenvalue weighted by Crippen LogP contribution is -2.59. The van der Waals surface area contributed by atoms with Crippen LogP contribution < -0.4 is 27.4 Å². The van der Waals surface area contributed by atoms with E-state index in [2.05, 4.69) is 16.0 Å². The van der Waals surface area contributed by atoms with Gasteiger partial charge in [0.15, 0.2) is 6.04 Å². The Kier molecular flexibility index (Phi) is 13.2. The third-order valence-corrected chi connectivity index (χ3v) is 5.22. The van der Waals surface area contributed by atoms with E-state index in [0.717, 1.165) is 0 Å². The third-order valence-electron chi connectivity index (χ3n) is 5.22. The van der Waals surface area contributed by atoms with Gasteiger partial charge in [-0.3, -0.25) is 19.2 Å². The summed E-state index contributed by atoms with van der Waals surface area (Å²) < 4.78 is 0. The highest BCUT2D eigenvalue weighted by atomic mass is 16.4. The van der Waals surface area contributed by atoms with Gasteiger partial charge in [0.2, 0.25) is 23.6 Å². The summed E-state index contributed by atoms with van der Waals surface area (Å²) >= 11 is 0. The quantitative estimate of drug-likeness (QED) is 0.150. The molecule has 6 atom stereocenters. The fraction of sp³-hybridized carbons (Fsp3) is 0.762. The predicted octanol–water partition coefficient (Wildman–Crippen LogP) is -1.41. The minimum absolute atomic E-state index is 0.0182. The zero-order valence-electron chi connectivity index (χ0n) is 20.0. The highest BCUT2D eigenvalue weighted by Crippen LogP contribution is 2.12. The maximum atomic E-state index is 13.0. The van der Waals surface area contributed by atoms with Crippen LogP contribution in [0.2, 0.25) is 0 Å². The molecule has 4 amide bonds. The van der Waals surface area contributed by atoms with Gasteiger partial charge in [0.25, 0.3) is 0 Å².